The first-order chi connectivity index (χ1) is 10.4. The van der Waals surface area contributed by atoms with Gasteiger partial charge in [-0.15, -0.1) is 11.3 Å². The number of hydrogen-bond donors (Lipinski definition) is 0. The van der Waals surface area contributed by atoms with Crippen molar-refractivity contribution in [3.8, 4) is 0 Å². The molecule has 0 bridgehead atoms. The Morgan fingerprint density at radius 2 is 1.86 bits per heavy atom. The van der Waals surface area contributed by atoms with Gasteiger partial charge in [-0.1, -0.05) is 0 Å². The van der Waals surface area contributed by atoms with Crippen LogP contribution in [0.3, 0.4) is 0 Å². The lowest BCUT2D eigenvalue weighted by molar-refractivity contribution is -0.117. The van der Waals surface area contributed by atoms with Crippen LogP contribution in [-0.4, -0.2) is 31.0 Å². The minimum absolute atomic E-state index is 0.0424. The fourth-order valence-electron chi connectivity index (χ4n) is 2.08. The van der Waals surface area contributed by atoms with Gasteiger partial charge in [0.25, 0.3) is 0 Å². The van der Waals surface area contributed by atoms with Crippen molar-refractivity contribution in [2.75, 3.05) is 19.1 Å². The molecule has 0 atom stereocenters. The Kier molecular flexibility index (Phi) is 4.92. The molecule has 5 nitrogen and oxygen atoms in total. The molecular weight excluding hydrogens is 300 g/mol. The lowest BCUT2D eigenvalue weighted by atomic mass is 10.2. The third kappa shape index (κ3) is 3.51. The number of amides is 1. The number of methoxy groups -OCH3 is 1. The number of esters is 1. The van der Waals surface area contributed by atoms with Gasteiger partial charge >= 0.3 is 5.97 Å². The summed E-state index contributed by atoms with van der Waals surface area (Å²) in [6, 6.07) is 6.74. The molecule has 0 radical (unpaired) electrons. The van der Waals surface area contributed by atoms with E-state index in [0.29, 0.717) is 5.56 Å². The average Bonchev–Trinajstić information content (AvgIpc) is 2.83. The summed E-state index contributed by atoms with van der Waals surface area (Å²) in [7, 11) is 3.05. The highest BCUT2D eigenvalue weighted by atomic mass is 32.1. The fraction of sp³-hybridized carbons (Fsp3) is 0.312. The number of anilines is 1. The second-order valence-corrected chi connectivity index (χ2v) is 6.31. The van der Waals surface area contributed by atoms with Crippen molar-refractivity contribution in [3.05, 3.63) is 45.4 Å². The molecule has 1 aromatic heterocycles. The molecule has 0 unspecified atom stereocenters. The van der Waals surface area contributed by atoms with E-state index in [-0.39, 0.29) is 12.3 Å². The fourth-order valence-corrected chi connectivity index (χ4v) is 2.92. The van der Waals surface area contributed by atoms with E-state index in [2.05, 4.69) is 9.72 Å². The van der Waals surface area contributed by atoms with Gasteiger partial charge in [0.15, 0.2) is 0 Å². The van der Waals surface area contributed by atoms with E-state index in [4.69, 9.17) is 0 Å². The van der Waals surface area contributed by atoms with Gasteiger partial charge in [-0.25, -0.2) is 9.78 Å². The van der Waals surface area contributed by atoms with Gasteiger partial charge in [0.2, 0.25) is 5.91 Å². The van der Waals surface area contributed by atoms with E-state index in [0.717, 1.165) is 21.3 Å². The number of aromatic nitrogens is 1. The van der Waals surface area contributed by atoms with E-state index in [1.165, 1.54) is 7.11 Å². The standard InChI is InChI=1S/C16H18N2O3S/c1-10-14(17-11(2)22-10)9-15(19)18(3)13-7-5-12(6-8-13)16(20)21-4/h5-8H,9H2,1-4H3. The van der Waals surface area contributed by atoms with Crippen molar-refractivity contribution in [2.24, 2.45) is 0 Å². The van der Waals surface area contributed by atoms with E-state index in [1.807, 2.05) is 13.8 Å². The van der Waals surface area contributed by atoms with Crippen LogP contribution < -0.4 is 4.90 Å². The number of ether oxygens (including phenoxy) is 1. The molecule has 116 valence electrons. The van der Waals surface area contributed by atoms with E-state index in [9.17, 15) is 9.59 Å². The van der Waals surface area contributed by atoms with Gasteiger partial charge in [-0.05, 0) is 38.1 Å². The largest absolute Gasteiger partial charge is 0.465 e. The average molecular weight is 318 g/mol. The topological polar surface area (TPSA) is 59.5 Å². The molecule has 0 saturated heterocycles. The summed E-state index contributed by atoms with van der Waals surface area (Å²) in [5.74, 6) is -0.437. The van der Waals surface area contributed by atoms with Crippen LogP contribution in [0.25, 0.3) is 0 Å². The Morgan fingerprint density at radius 1 is 1.23 bits per heavy atom. The Labute approximate surface area is 133 Å². The van der Waals surface area contributed by atoms with Crippen molar-refractivity contribution >= 4 is 28.9 Å². The van der Waals surface area contributed by atoms with Crippen LogP contribution in [0.15, 0.2) is 24.3 Å². The molecule has 0 spiro atoms. The number of carbonyl (C=O) groups excluding carboxylic acids is 2. The van der Waals surface area contributed by atoms with Gasteiger partial charge in [0.1, 0.15) is 0 Å². The Morgan fingerprint density at radius 3 is 2.36 bits per heavy atom. The first-order valence-electron chi connectivity index (χ1n) is 6.80. The lowest BCUT2D eigenvalue weighted by Gasteiger charge is -2.17. The Bertz CT molecular complexity index is 692. The van der Waals surface area contributed by atoms with Crippen LogP contribution in [0.1, 0.15) is 25.9 Å². The predicted molar refractivity (Wildman–Crippen MR) is 86.5 cm³/mol. The zero-order chi connectivity index (χ0) is 16.3. The SMILES string of the molecule is COC(=O)c1ccc(N(C)C(=O)Cc2nc(C)sc2C)cc1. The third-order valence-electron chi connectivity index (χ3n) is 3.37. The lowest BCUT2D eigenvalue weighted by Crippen LogP contribution is -2.28. The molecule has 22 heavy (non-hydrogen) atoms. The summed E-state index contributed by atoms with van der Waals surface area (Å²) in [6.45, 7) is 3.90. The number of carbonyl (C=O) groups is 2. The molecule has 1 aromatic carbocycles. The molecule has 2 rings (SSSR count). The second kappa shape index (κ2) is 6.70. The van der Waals surface area contributed by atoms with Crippen molar-refractivity contribution in [2.45, 2.75) is 20.3 Å². The number of benzene rings is 1. The van der Waals surface area contributed by atoms with Gasteiger partial charge in [-0.3, -0.25) is 4.79 Å². The van der Waals surface area contributed by atoms with E-state index in [1.54, 1.807) is 47.5 Å². The van der Waals surface area contributed by atoms with Crippen molar-refractivity contribution in [3.63, 3.8) is 0 Å². The van der Waals surface area contributed by atoms with Crippen LogP contribution in [0, 0.1) is 13.8 Å². The highest BCUT2D eigenvalue weighted by Gasteiger charge is 2.16. The van der Waals surface area contributed by atoms with Crippen LogP contribution in [0.4, 0.5) is 5.69 Å². The van der Waals surface area contributed by atoms with E-state index < -0.39 is 5.97 Å². The summed E-state index contributed by atoms with van der Waals surface area (Å²) in [5.41, 5.74) is 2.01. The zero-order valence-corrected chi connectivity index (χ0v) is 13.9. The number of rotatable bonds is 4. The van der Waals surface area contributed by atoms with Gasteiger partial charge in [-0.2, -0.15) is 0 Å². The van der Waals surface area contributed by atoms with Crippen molar-refractivity contribution in [1.82, 2.24) is 4.98 Å². The molecule has 0 aliphatic rings. The predicted octanol–water partition coefficient (Wildman–Crippen LogP) is 2.75. The van der Waals surface area contributed by atoms with Crippen LogP contribution in [-0.2, 0) is 16.0 Å². The number of likely N-dealkylation sites (N-methyl/N-ethyl adjacent to an activating group) is 1. The minimum atomic E-state index is -0.394. The van der Waals surface area contributed by atoms with Crippen molar-refractivity contribution < 1.29 is 14.3 Å². The van der Waals surface area contributed by atoms with E-state index >= 15 is 0 Å². The molecule has 6 heteroatoms. The third-order valence-corrected chi connectivity index (χ3v) is 4.30. The number of nitrogens with zero attached hydrogens (tertiary/aromatic N) is 2. The number of hydrogen-bond acceptors (Lipinski definition) is 5. The molecule has 0 fully saturated rings. The second-order valence-electron chi connectivity index (χ2n) is 4.90. The molecule has 0 saturated carbocycles. The highest BCUT2D eigenvalue weighted by Crippen LogP contribution is 2.19. The summed E-state index contributed by atoms with van der Waals surface area (Å²) in [6.07, 6.45) is 0.269. The van der Waals surface area contributed by atoms with Crippen LogP contribution in [0.2, 0.25) is 0 Å². The monoisotopic (exact) mass is 318 g/mol. The molecule has 0 N–H and O–H groups in total. The Hall–Kier alpha value is -2.21. The first-order valence-corrected chi connectivity index (χ1v) is 7.62. The summed E-state index contributed by atoms with van der Waals surface area (Å²) in [5, 5.41) is 0.963. The summed E-state index contributed by atoms with van der Waals surface area (Å²) >= 11 is 1.59. The van der Waals surface area contributed by atoms with Crippen molar-refractivity contribution in [1.29, 1.82) is 0 Å². The maximum Gasteiger partial charge on any atom is 0.337 e. The molecule has 0 aliphatic carbocycles. The molecule has 2 aromatic rings. The number of thiazole rings is 1. The van der Waals surface area contributed by atoms with Crippen LogP contribution in [0.5, 0.6) is 0 Å². The van der Waals surface area contributed by atoms with Gasteiger partial charge < -0.3 is 9.64 Å². The Balaban J connectivity index is 2.10. The van der Waals surface area contributed by atoms with Crippen LogP contribution >= 0.6 is 11.3 Å². The number of aryl methyl sites for hydroxylation is 2. The zero-order valence-electron chi connectivity index (χ0n) is 13.0. The molecule has 1 heterocycles. The minimum Gasteiger partial charge on any atom is -0.465 e. The van der Waals surface area contributed by atoms with Gasteiger partial charge in [0.05, 0.1) is 29.8 Å². The highest BCUT2D eigenvalue weighted by molar-refractivity contribution is 7.11. The maximum atomic E-state index is 12.3. The molecule has 0 aliphatic heterocycles. The smallest absolute Gasteiger partial charge is 0.337 e. The quantitative estimate of drug-likeness (QED) is 0.813. The maximum absolute atomic E-state index is 12.3. The molecular formula is C16H18N2O3S. The first kappa shape index (κ1) is 16.2. The summed E-state index contributed by atoms with van der Waals surface area (Å²) in [4.78, 5) is 30.8. The normalized spacial score (nSPS) is 10.4. The molecule has 1 amide bonds. The van der Waals surface area contributed by atoms with Gasteiger partial charge in [0, 0.05) is 17.6 Å². The summed E-state index contributed by atoms with van der Waals surface area (Å²) < 4.78 is 4.65.